The highest BCUT2D eigenvalue weighted by Gasteiger charge is 2.25. The van der Waals surface area contributed by atoms with Crippen molar-refractivity contribution in [2.45, 2.75) is 64.8 Å². The Morgan fingerprint density at radius 3 is 2.73 bits per heavy atom. The van der Waals surface area contributed by atoms with E-state index in [1.54, 1.807) is 12.3 Å². The predicted molar refractivity (Wildman–Crippen MR) is 127 cm³/mol. The van der Waals surface area contributed by atoms with E-state index in [9.17, 15) is 14.4 Å². The van der Waals surface area contributed by atoms with Crippen LogP contribution in [0.4, 0.5) is 0 Å². The van der Waals surface area contributed by atoms with Crippen LogP contribution in [-0.2, 0) is 17.8 Å². The monoisotopic (exact) mass is 450 g/mol. The highest BCUT2D eigenvalue weighted by Crippen LogP contribution is 2.29. The third-order valence-corrected chi connectivity index (χ3v) is 6.94. The molecule has 4 rings (SSSR count). The van der Waals surface area contributed by atoms with Crippen molar-refractivity contribution >= 4 is 11.8 Å². The van der Waals surface area contributed by atoms with Crippen LogP contribution in [0.1, 0.15) is 72.3 Å². The standard InChI is InChI=1S/C26H34N4O3/c1-19-15-23(31)25(26(33)28-12-6-14-29-13-5-10-24(29)32)22(16-20-7-2-3-8-20)30(19)18-21-9-4-11-27-17-21/h4,9,11,15,17,20H,2-3,5-8,10,12-14,16,18H2,1H3,(H,28,33). The zero-order chi connectivity index (χ0) is 23.2. The fourth-order valence-corrected chi connectivity index (χ4v) is 5.17. The summed E-state index contributed by atoms with van der Waals surface area (Å²) in [7, 11) is 0. The number of hydrogen-bond donors (Lipinski definition) is 1. The van der Waals surface area contributed by atoms with Crippen LogP contribution in [0.5, 0.6) is 0 Å². The fourth-order valence-electron chi connectivity index (χ4n) is 5.17. The Kier molecular flexibility index (Phi) is 7.57. The minimum Gasteiger partial charge on any atom is -0.352 e. The molecule has 7 heteroatoms. The molecule has 0 atom stereocenters. The molecule has 2 aromatic heterocycles. The summed E-state index contributed by atoms with van der Waals surface area (Å²) in [6, 6.07) is 5.50. The summed E-state index contributed by atoms with van der Waals surface area (Å²) in [5, 5.41) is 2.95. The van der Waals surface area contributed by atoms with Gasteiger partial charge in [0.2, 0.25) is 5.91 Å². The Morgan fingerprint density at radius 1 is 1.21 bits per heavy atom. The molecular formula is C26H34N4O3. The fraction of sp³-hybridized carbons (Fsp3) is 0.538. The maximum Gasteiger partial charge on any atom is 0.257 e. The van der Waals surface area contributed by atoms with Crippen molar-refractivity contribution in [3.63, 3.8) is 0 Å². The average molecular weight is 451 g/mol. The van der Waals surface area contributed by atoms with E-state index >= 15 is 0 Å². The zero-order valence-corrected chi connectivity index (χ0v) is 19.5. The molecule has 2 aliphatic rings. The summed E-state index contributed by atoms with van der Waals surface area (Å²) >= 11 is 0. The molecule has 0 radical (unpaired) electrons. The van der Waals surface area contributed by atoms with Crippen LogP contribution in [0, 0.1) is 12.8 Å². The number of nitrogens with zero attached hydrogens (tertiary/aromatic N) is 3. The SMILES string of the molecule is Cc1cc(=O)c(C(=O)NCCCN2CCCC2=O)c(CC2CCCC2)n1Cc1cccnc1. The van der Waals surface area contributed by atoms with Gasteiger partial charge >= 0.3 is 0 Å². The van der Waals surface area contributed by atoms with Crippen LogP contribution >= 0.6 is 0 Å². The highest BCUT2D eigenvalue weighted by atomic mass is 16.2. The number of nitrogens with one attached hydrogen (secondary N) is 1. The normalized spacial score (nSPS) is 16.5. The maximum atomic E-state index is 13.2. The van der Waals surface area contributed by atoms with Gasteiger partial charge in [0.1, 0.15) is 5.56 Å². The molecule has 2 aromatic rings. The third kappa shape index (κ3) is 5.70. The van der Waals surface area contributed by atoms with E-state index in [2.05, 4.69) is 14.9 Å². The van der Waals surface area contributed by atoms with Crippen molar-refractivity contribution in [1.82, 2.24) is 19.8 Å². The van der Waals surface area contributed by atoms with Crippen LogP contribution in [0.2, 0.25) is 0 Å². The number of hydrogen-bond acceptors (Lipinski definition) is 4. The number of rotatable bonds is 9. The largest absolute Gasteiger partial charge is 0.352 e. The summed E-state index contributed by atoms with van der Waals surface area (Å²) in [5.41, 5.74) is 2.80. The molecule has 176 valence electrons. The van der Waals surface area contributed by atoms with Gasteiger partial charge in [0, 0.05) is 62.4 Å². The van der Waals surface area contributed by atoms with Crippen molar-refractivity contribution in [1.29, 1.82) is 0 Å². The first-order valence-corrected chi connectivity index (χ1v) is 12.2. The number of likely N-dealkylation sites (tertiary alicyclic amines) is 1. The Labute approximate surface area is 195 Å². The first-order chi connectivity index (χ1) is 16.0. The van der Waals surface area contributed by atoms with Gasteiger partial charge in [0.15, 0.2) is 5.43 Å². The van der Waals surface area contributed by atoms with Crippen molar-refractivity contribution in [3.05, 3.63) is 63.3 Å². The Morgan fingerprint density at radius 2 is 2.03 bits per heavy atom. The minimum atomic E-state index is -0.305. The third-order valence-electron chi connectivity index (χ3n) is 6.94. The molecule has 0 spiro atoms. The summed E-state index contributed by atoms with van der Waals surface area (Å²) in [6.45, 7) is 4.41. The molecule has 3 heterocycles. The number of pyridine rings is 2. The molecule has 1 saturated heterocycles. The highest BCUT2D eigenvalue weighted by molar-refractivity contribution is 5.95. The van der Waals surface area contributed by atoms with Crippen molar-refractivity contribution < 1.29 is 9.59 Å². The van der Waals surface area contributed by atoms with E-state index in [1.165, 1.54) is 12.8 Å². The summed E-state index contributed by atoms with van der Waals surface area (Å²) in [4.78, 5) is 44.1. The summed E-state index contributed by atoms with van der Waals surface area (Å²) in [6.07, 6.45) is 11.2. The van der Waals surface area contributed by atoms with Gasteiger partial charge in [-0.2, -0.15) is 0 Å². The minimum absolute atomic E-state index is 0.192. The maximum absolute atomic E-state index is 13.2. The summed E-state index contributed by atoms with van der Waals surface area (Å²) < 4.78 is 2.12. The first kappa shape index (κ1) is 23.2. The van der Waals surface area contributed by atoms with Crippen molar-refractivity contribution in [3.8, 4) is 0 Å². The summed E-state index contributed by atoms with van der Waals surface area (Å²) in [5.74, 6) is 0.386. The average Bonchev–Trinajstić information content (AvgIpc) is 3.46. The number of carbonyl (C=O) groups excluding carboxylic acids is 2. The van der Waals surface area contributed by atoms with Crippen LogP contribution in [0.25, 0.3) is 0 Å². The van der Waals surface area contributed by atoms with Crippen LogP contribution < -0.4 is 10.7 Å². The van der Waals surface area contributed by atoms with Crippen LogP contribution in [-0.4, -0.2) is 45.9 Å². The molecule has 1 N–H and O–H groups in total. The lowest BCUT2D eigenvalue weighted by molar-refractivity contribution is -0.127. The van der Waals surface area contributed by atoms with Gasteiger partial charge in [-0.25, -0.2) is 0 Å². The van der Waals surface area contributed by atoms with Gasteiger partial charge in [-0.1, -0.05) is 31.7 Å². The first-order valence-electron chi connectivity index (χ1n) is 12.2. The Bertz CT molecular complexity index is 1040. The number of aromatic nitrogens is 2. The van der Waals surface area contributed by atoms with E-state index < -0.39 is 0 Å². The smallest absolute Gasteiger partial charge is 0.257 e. The van der Waals surface area contributed by atoms with E-state index in [-0.39, 0.29) is 22.8 Å². The van der Waals surface area contributed by atoms with E-state index in [0.717, 1.165) is 49.2 Å². The second kappa shape index (κ2) is 10.8. The van der Waals surface area contributed by atoms with Gasteiger partial charge in [0.25, 0.3) is 5.91 Å². The topological polar surface area (TPSA) is 84.3 Å². The van der Waals surface area contributed by atoms with E-state index in [4.69, 9.17) is 0 Å². The van der Waals surface area contributed by atoms with Gasteiger partial charge in [-0.05, 0) is 43.7 Å². The van der Waals surface area contributed by atoms with Gasteiger partial charge in [0.05, 0.1) is 0 Å². The zero-order valence-electron chi connectivity index (χ0n) is 19.5. The molecule has 0 aromatic carbocycles. The number of carbonyl (C=O) groups is 2. The van der Waals surface area contributed by atoms with Crippen LogP contribution in [0.15, 0.2) is 35.4 Å². The second-order valence-electron chi connectivity index (χ2n) is 9.37. The van der Waals surface area contributed by atoms with Crippen molar-refractivity contribution in [2.75, 3.05) is 19.6 Å². The predicted octanol–water partition coefficient (Wildman–Crippen LogP) is 3.08. The second-order valence-corrected chi connectivity index (χ2v) is 9.37. The number of aryl methyl sites for hydroxylation is 1. The van der Waals surface area contributed by atoms with Crippen molar-refractivity contribution in [2.24, 2.45) is 5.92 Å². The number of amides is 2. The molecule has 1 aliphatic carbocycles. The molecule has 1 aliphatic heterocycles. The molecular weight excluding hydrogens is 416 g/mol. The lowest BCUT2D eigenvalue weighted by Gasteiger charge is -2.22. The molecule has 0 bridgehead atoms. The lowest BCUT2D eigenvalue weighted by Crippen LogP contribution is -2.35. The van der Waals surface area contributed by atoms with E-state index in [0.29, 0.717) is 38.4 Å². The molecule has 2 amide bonds. The van der Waals surface area contributed by atoms with E-state index in [1.807, 2.05) is 30.2 Å². The molecule has 2 fully saturated rings. The Balaban J connectivity index is 1.55. The Hall–Kier alpha value is -2.96. The van der Waals surface area contributed by atoms with Gasteiger partial charge in [-0.3, -0.25) is 19.4 Å². The van der Waals surface area contributed by atoms with Gasteiger partial charge < -0.3 is 14.8 Å². The van der Waals surface area contributed by atoms with Crippen LogP contribution in [0.3, 0.4) is 0 Å². The van der Waals surface area contributed by atoms with Gasteiger partial charge in [-0.15, -0.1) is 0 Å². The molecule has 7 nitrogen and oxygen atoms in total. The quantitative estimate of drug-likeness (QED) is 0.595. The lowest BCUT2D eigenvalue weighted by atomic mass is 9.96. The molecule has 1 saturated carbocycles. The molecule has 0 unspecified atom stereocenters. The molecule has 33 heavy (non-hydrogen) atoms.